The van der Waals surface area contributed by atoms with Gasteiger partial charge in [0.15, 0.2) is 0 Å². The SMILES string of the molecule is [I-].[NH3+]CCc1ccc([N+](=O)[O-])cc1. The first-order valence-electron chi connectivity index (χ1n) is 3.76. The third kappa shape index (κ3) is 3.69. The molecule has 0 fully saturated rings. The van der Waals surface area contributed by atoms with Crippen LogP contribution < -0.4 is 29.7 Å². The van der Waals surface area contributed by atoms with Crippen molar-refractivity contribution >= 4 is 5.69 Å². The molecule has 1 aromatic carbocycles. The number of nitro groups is 1. The lowest BCUT2D eigenvalue weighted by Crippen LogP contribution is -3.00. The van der Waals surface area contributed by atoms with Gasteiger partial charge in [-0.3, -0.25) is 10.1 Å². The Morgan fingerprint density at radius 1 is 1.31 bits per heavy atom. The van der Waals surface area contributed by atoms with Crippen LogP contribution in [-0.2, 0) is 6.42 Å². The van der Waals surface area contributed by atoms with Crippen LogP contribution in [0.4, 0.5) is 5.69 Å². The van der Waals surface area contributed by atoms with Crippen molar-refractivity contribution in [2.75, 3.05) is 6.54 Å². The van der Waals surface area contributed by atoms with E-state index >= 15 is 0 Å². The summed E-state index contributed by atoms with van der Waals surface area (Å²) >= 11 is 0. The molecule has 4 nitrogen and oxygen atoms in total. The monoisotopic (exact) mass is 294 g/mol. The van der Waals surface area contributed by atoms with E-state index in [0.717, 1.165) is 18.5 Å². The van der Waals surface area contributed by atoms with E-state index < -0.39 is 4.92 Å². The van der Waals surface area contributed by atoms with E-state index in [0.29, 0.717) is 0 Å². The Hall–Kier alpha value is -0.690. The van der Waals surface area contributed by atoms with Crippen molar-refractivity contribution < 1.29 is 34.6 Å². The van der Waals surface area contributed by atoms with Crippen LogP contribution in [0.15, 0.2) is 24.3 Å². The van der Waals surface area contributed by atoms with Crippen LogP contribution in [-0.4, -0.2) is 11.5 Å². The minimum Gasteiger partial charge on any atom is -1.00 e. The average molecular weight is 294 g/mol. The maximum Gasteiger partial charge on any atom is 0.269 e. The Morgan fingerprint density at radius 3 is 2.23 bits per heavy atom. The van der Waals surface area contributed by atoms with Gasteiger partial charge in [-0.25, -0.2) is 0 Å². The first kappa shape index (κ1) is 12.3. The molecular formula is C8H11IN2O2. The molecule has 1 aromatic rings. The van der Waals surface area contributed by atoms with Gasteiger partial charge in [-0.15, -0.1) is 0 Å². The van der Waals surface area contributed by atoms with Gasteiger partial charge in [0.2, 0.25) is 0 Å². The second-order valence-electron chi connectivity index (χ2n) is 2.53. The molecule has 0 unspecified atom stereocenters. The lowest BCUT2D eigenvalue weighted by Gasteiger charge is -1.95. The highest BCUT2D eigenvalue weighted by Crippen LogP contribution is 2.11. The molecule has 0 aliphatic carbocycles. The maximum atomic E-state index is 10.3. The van der Waals surface area contributed by atoms with E-state index in [1.807, 2.05) is 0 Å². The minimum atomic E-state index is -0.395. The van der Waals surface area contributed by atoms with Crippen molar-refractivity contribution in [1.29, 1.82) is 0 Å². The van der Waals surface area contributed by atoms with E-state index in [1.54, 1.807) is 12.1 Å². The lowest BCUT2D eigenvalue weighted by atomic mass is 10.1. The summed E-state index contributed by atoms with van der Waals surface area (Å²) in [6.07, 6.45) is 0.873. The maximum absolute atomic E-state index is 10.3. The van der Waals surface area contributed by atoms with Crippen LogP contribution in [0.5, 0.6) is 0 Å². The number of quaternary nitrogens is 1. The van der Waals surface area contributed by atoms with Crippen LogP contribution in [0.25, 0.3) is 0 Å². The molecule has 0 saturated carbocycles. The summed E-state index contributed by atoms with van der Waals surface area (Å²) in [5, 5.41) is 10.3. The molecular weight excluding hydrogens is 283 g/mol. The van der Waals surface area contributed by atoms with E-state index in [9.17, 15) is 10.1 Å². The predicted molar refractivity (Wildman–Crippen MR) is 44.6 cm³/mol. The molecule has 13 heavy (non-hydrogen) atoms. The second-order valence-corrected chi connectivity index (χ2v) is 2.53. The van der Waals surface area contributed by atoms with E-state index in [-0.39, 0.29) is 29.7 Å². The van der Waals surface area contributed by atoms with Gasteiger partial charge in [-0.05, 0) is 5.56 Å². The molecule has 0 spiro atoms. The molecule has 0 aliphatic rings. The van der Waals surface area contributed by atoms with Gasteiger partial charge in [0, 0.05) is 18.6 Å². The normalized spacial score (nSPS) is 9.00. The summed E-state index contributed by atoms with van der Waals surface area (Å²) in [7, 11) is 0. The van der Waals surface area contributed by atoms with Crippen LogP contribution in [0, 0.1) is 10.1 Å². The Bertz CT molecular complexity index is 274. The molecule has 3 N–H and O–H groups in total. The predicted octanol–water partition coefficient (Wildman–Crippen LogP) is -2.62. The summed E-state index contributed by atoms with van der Waals surface area (Å²) in [5.41, 5.74) is 4.94. The highest BCUT2D eigenvalue weighted by molar-refractivity contribution is 5.32. The number of nitro benzene ring substituents is 1. The zero-order valence-electron chi connectivity index (χ0n) is 7.07. The molecule has 1 rings (SSSR count). The molecule has 0 amide bonds. The fourth-order valence-electron chi connectivity index (χ4n) is 0.988. The number of nitrogens with zero attached hydrogens (tertiary/aromatic N) is 1. The van der Waals surface area contributed by atoms with Crippen molar-refractivity contribution in [2.24, 2.45) is 0 Å². The van der Waals surface area contributed by atoms with Gasteiger partial charge in [0.25, 0.3) is 5.69 Å². The molecule has 0 bridgehead atoms. The molecule has 72 valence electrons. The van der Waals surface area contributed by atoms with E-state index in [1.165, 1.54) is 12.1 Å². The number of hydrogen-bond donors (Lipinski definition) is 1. The largest absolute Gasteiger partial charge is 1.00 e. The van der Waals surface area contributed by atoms with Gasteiger partial charge in [-0.1, -0.05) is 12.1 Å². The van der Waals surface area contributed by atoms with Gasteiger partial charge in [0.05, 0.1) is 11.5 Å². The lowest BCUT2D eigenvalue weighted by molar-refractivity contribution is -0.384. The zero-order chi connectivity index (χ0) is 8.97. The van der Waals surface area contributed by atoms with Crippen molar-refractivity contribution in [1.82, 2.24) is 0 Å². The Labute approximate surface area is 93.3 Å². The number of hydrogen-bond acceptors (Lipinski definition) is 2. The van der Waals surface area contributed by atoms with Gasteiger partial charge in [0.1, 0.15) is 0 Å². The first-order valence-corrected chi connectivity index (χ1v) is 3.76. The third-order valence-corrected chi connectivity index (χ3v) is 1.61. The summed E-state index contributed by atoms with van der Waals surface area (Å²) in [4.78, 5) is 9.87. The Morgan fingerprint density at radius 2 is 1.85 bits per heavy atom. The molecule has 0 aliphatic heterocycles. The van der Waals surface area contributed by atoms with Crippen LogP contribution in [0.2, 0.25) is 0 Å². The Balaban J connectivity index is 0.00000144. The third-order valence-electron chi connectivity index (χ3n) is 1.61. The molecule has 0 saturated heterocycles. The average Bonchev–Trinajstić information content (AvgIpc) is 2.06. The van der Waals surface area contributed by atoms with E-state index in [2.05, 4.69) is 5.73 Å². The van der Waals surface area contributed by atoms with Gasteiger partial charge >= 0.3 is 0 Å². The second kappa shape index (κ2) is 5.87. The number of rotatable bonds is 3. The van der Waals surface area contributed by atoms with Gasteiger partial charge < -0.3 is 29.7 Å². The van der Waals surface area contributed by atoms with Crippen LogP contribution >= 0.6 is 0 Å². The van der Waals surface area contributed by atoms with Crippen molar-refractivity contribution in [3.63, 3.8) is 0 Å². The highest BCUT2D eigenvalue weighted by Gasteiger charge is 2.02. The topological polar surface area (TPSA) is 70.8 Å². The summed E-state index contributed by atoms with van der Waals surface area (Å²) in [6.45, 7) is 0.817. The highest BCUT2D eigenvalue weighted by atomic mass is 127. The summed E-state index contributed by atoms with van der Waals surface area (Å²) in [5.74, 6) is 0. The molecule has 0 aromatic heterocycles. The summed E-state index contributed by atoms with van der Waals surface area (Å²) < 4.78 is 0. The standard InChI is InChI=1S/C8H10N2O2.HI/c9-6-5-7-1-3-8(4-2-7)10(11)12;/h1-4H,5-6,9H2;1H. The minimum absolute atomic E-state index is 0. The van der Waals surface area contributed by atoms with E-state index in [4.69, 9.17) is 0 Å². The van der Waals surface area contributed by atoms with Crippen molar-refractivity contribution in [3.8, 4) is 0 Å². The molecule has 0 heterocycles. The molecule has 5 heteroatoms. The number of benzene rings is 1. The number of non-ortho nitro benzene ring substituents is 1. The first-order chi connectivity index (χ1) is 5.74. The number of halogens is 1. The Kier molecular flexibility index (Phi) is 5.56. The van der Waals surface area contributed by atoms with Crippen LogP contribution in [0.1, 0.15) is 5.56 Å². The molecule has 0 atom stereocenters. The van der Waals surface area contributed by atoms with Gasteiger partial charge in [-0.2, -0.15) is 0 Å². The summed E-state index contributed by atoms with van der Waals surface area (Å²) in [6, 6.07) is 6.57. The zero-order valence-corrected chi connectivity index (χ0v) is 9.23. The van der Waals surface area contributed by atoms with Crippen molar-refractivity contribution in [2.45, 2.75) is 6.42 Å². The smallest absolute Gasteiger partial charge is 0.269 e. The molecule has 0 radical (unpaired) electrons. The van der Waals surface area contributed by atoms with Crippen LogP contribution in [0.3, 0.4) is 0 Å². The van der Waals surface area contributed by atoms with Crippen molar-refractivity contribution in [3.05, 3.63) is 39.9 Å². The fourth-order valence-corrected chi connectivity index (χ4v) is 0.988. The fraction of sp³-hybridized carbons (Fsp3) is 0.250. The quantitative estimate of drug-likeness (QED) is 0.377.